The molecule has 2 amide bonds. The van der Waals surface area contributed by atoms with Gasteiger partial charge in [0.05, 0.1) is 0 Å². The number of hydrogen-bond donors (Lipinski definition) is 2. The number of nitrogens with one attached hydrogen (secondary N) is 2. The number of carbonyl (C=O) groups excluding carboxylic acids is 2. The van der Waals surface area contributed by atoms with Gasteiger partial charge >= 0.3 is 0 Å². The molecule has 0 bridgehead atoms. The summed E-state index contributed by atoms with van der Waals surface area (Å²) in [5, 5.41) is 6.29. The number of halogens is 1. The number of amides is 2. The largest absolute Gasteiger partial charge is 0.454 e. The van der Waals surface area contributed by atoms with Crippen molar-refractivity contribution in [2.45, 2.75) is 25.9 Å². The van der Waals surface area contributed by atoms with Gasteiger partial charge in [-0.2, -0.15) is 0 Å². The minimum Gasteiger partial charge on any atom is -0.454 e. The van der Waals surface area contributed by atoms with Gasteiger partial charge in [-0.25, -0.2) is 0 Å². The molecule has 4 rings (SSSR count). The summed E-state index contributed by atoms with van der Waals surface area (Å²) in [6.07, 6.45) is 1.10. The molecular formula is C20H19ClN2O4. The van der Waals surface area contributed by atoms with Crippen molar-refractivity contribution in [2.75, 3.05) is 6.79 Å². The van der Waals surface area contributed by atoms with Crippen molar-refractivity contribution in [1.82, 2.24) is 10.6 Å². The Balaban J connectivity index is 1.34. The van der Waals surface area contributed by atoms with Crippen molar-refractivity contribution in [2.24, 2.45) is 5.41 Å². The number of ether oxygens (including phenoxy) is 2. The number of rotatable bonds is 6. The maximum Gasteiger partial charge on any atom is 0.235 e. The third kappa shape index (κ3) is 3.57. The average molecular weight is 387 g/mol. The molecule has 1 fully saturated rings. The zero-order valence-corrected chi connectivity index (χ0v) is 15.3. The summed E-state index contributed by atoms with van der Waals surface area (Å²) >= 11 is 6.11. The maximum atomic E-state index is 12.6. The molecular weight excluding hydrogens is 368 g/mol. The molecule has 2 aromatic carbocycles. The van der Waals surface area contributed by atoms with E-state index in [1.165, 1.54) is 0 Å². The van der Waals surface area contributed by atoms with Gasteiger partial charge in [-0.15, -0.1) is 0 Å². The highest BCUT2D eigenvalue weighted by Crippen LogP contribution is 2.46. The highest BCUT2D eigenvalue weighted by molar-refractivity contribution is 6.31. The van der Waals surface area contributed by atoms with Crippen LogP contribution in [0, 0.1) is 5.41 Å². The molecule has 2 N–H and O–H groups in total. The lowest BCUT2D eigenvalue weighted by molar-refractivity contribution is -0.137. The minimum absolute atomic E-state index is 0.208. The molecule has 1 saturated carbocycles. The summed E-state index contributed by atoms with van der Waals surface area (Å²) < 4.78 is 10.6. The van der Waals surface area contributed by atoms with Crippen LogP contribution >= 0.6 is 11.6 Å². The van der Waals surface area contributed by atoms with Crippen molar-refractivity contribution in [3.8, 4) is 11.5 Å². The first-order chi connectivity index (χ1) is 13.1. The lowest BCUT2D eigenvalue weighted by Crippen LogP contribution is -2.42. The average Bonchev–Trinajstić information content (AvgIpc) is 3.37. The van der Waals surface area contributed by atoms with E-state index in [1.54, 1.807) is 6.07 Å². The molecule has 0 aromatic heterocycles. The fourth-order valence-corrected chi connectivity index (χ4v) is 3.27. The van der Waals surface area contributed by atoms with E-state index < -0.39 is 5.41 Å². The molecule has 7 heteroatoms. The van der Waals surface area contributed by atoms with Crippen molar-refractivity contribution >= 4 is 23.4 Å². The molecule has 6 nitrogen and oxygen atoms in total. The molecule has 0 radical (unpaired) electrons. The second kappa shape index (κ2) is 7.12. The molecule has 27 heavy (non-hydrogen) atoms. The van der Waals surface area contributed by atoms with Crippen LogP contribution in [-0.4, -0.2) is 18.6 Å². The molecule has 1 aliphatic heterocycles. The van der Waals surface area contributed by atoms with Gasteiger partial charge < -0.3 is 20.1 Å². The molecule has 0 spiro atoms. The zero-order chi connectivity index (χ0) is 18.9. The van der Waals surface area contributed by atoms with Gasteiger partial charge in [0, 0.05) is 18.1 Å². The van der Waals surface area contributed by atoms with Gasteiger partial charge in [0.15, 0.2) is 11.5 Å². The Kier molecular flexibility index (Phi) is 4.66. The summed E-state index contributed by atoms with van der Waals surface area (Å²) in [6, 6.07) is 12.8. The maximum absolute atomic E-state index is 12.6. The van der Waals surface area contributed by atoms with Gasteiger partial charge in [-0.05, 0) is 42.2 Å². The Bertz CT molecular complexity index is 895. The number of fused-ring (bicyclic) bond motifs is 1. The fraction of sp³-hybridized carbons (Fsp3) is 0.300. The van der Waals surface area contributed by atoms with Crippen LogP contribution in [0.15, 0.2) is 42.5 Å². The topological polar surface area (TPSA) is 76.7 Å². The molecule has 0 unspecified atom stereocenters. The fourth-order valence-electron chi connectivity index (χ4n) is 3.07. The molecule has 0 saturated heterocycles. The highest BCUT2D eigenvalue weighted by atomic mass is 35.5. The quantitative estimate of drug-likeness (QED) is 0.748. The van der Waals surface area contributed by atoms with E-state index in [2.05, 4.69) is 10.6 Å². The molecule has 140 valence electrons. The van der Waals surface area contributed by atoms with Crippen LogP contribution in [0.3, 0.4) is 0 Å². The summed E-state index contributed by atoms with van der Waals surface area (Å²) in [5.41, 5.74) is 0.737. The van der Waals surface area contributed by atoms with Gasteiger partial charge in [-0.1, -0.05) is 35.9 Å². The zero-order valence-electron chi connectivity index (χ0n) is 14.6. The summed E-state index contributed by atoms with van der Waals surface area (Å²) in [5.74, 6) is 0.852. The van der Waals surface area contributed by atoms with Crippen molar-refractivity contribution < 1.29 is 19.1 Å². The second-order valence-corrected chi connectivity index (χ2v) is 7.13. The first kappa shape index (κ1) is 17.7. The van der Waals surface area contributed by atoms with Gasteiger partial charge in [0.1, 0.15) is 5.41 Å². The molecule has 2 aliphatic rings. The van der Waals surface area contributed by atoms with Crippen molar-refractivity contribution in [1.29, 1.82) is 0 Å². The van der Waals surface area contributed by atoms with E-state index >= 15 is 0 Å². The Labute approximate surface area is 161 Å². The number of benzene rings is 2. The Morgan fingerprint density at radius 2 is 1.67 bits per heavy atom. The first-order valence-electron chi connectivity index (χ1n) is 8.77. The van der Waals surface area contributed by atoms with E-state index in [9.17, 15) is 9.59 Å². The van der Waals surface area contributed by atoms with E-state index in [1.807, 2.05) is 36.4 Å². The van der Waals surface area contributed by atoms with E-state index in [-0.39, 0.29) is 18.6 Å². The standard InChI is InChI=1S/C20H19ClN2O4/c21-15-4-2-1-3-14(15)11-23-19(25)20(7-8-20)18(24)22-10-13-5-6-16-17(9-13)27-12-26-16/h1-6,9H,7-8,10-12H2,(H,22,24)(H,23,25). The van der Waals surface area contributed by atoms with Crippen LogP contribution in [0.2, 0.25) is 5.02 Å². The van der Waals surface area contributed by atoms with Gasteiger partial charge in [0.2, 0.25) is 18.6 Å². The van der Waals surface area contributed by atoms with Crippen molar-refractivity contribution in [3.05, 3.63) is 58.6 Å². The lowest BCUT2D eigenvalue weighted by Gasteiger charge is -2.16. The Morgan fingerprint density at radius 1 is 0.963 bits per heavy atom. The van der Waals surface area contributed by atoms with Gasteiger partial charge in [-0.3, -0.25) is 9.59 Å². The smallest absolute Gasteiger partial charge is 0.235 e. The van der Waals surface area contributed by atoms with Crippen molar-refractivity contribution in [3.63, 3.8) is 0 Å². The minimum atomic E-state index is -0.975. The third-order valence-corrected chi connectivity index (χ3v) is 5.28. The van der Waals surface area contributed by atoms with E-state index in [0.29, 0.717) is 42.5 Å². The summed E-state index contributed by atoms with van der Waals surface area (Å²) in [4.78, 5) is 25.2. The van der Waals surface area contributed by atoms with Crippen LogP contribution in [-0.2, 0) is 22.7 Å². The van der Waals surface area contributed by atoms with E-state index in [0.717, 1.165) is 11.1 Å². The van der Waals surface area contributed by atoms with Crippen LogP contribution in [0.25, 0.3) is 0 Å². The highest BCUT2D eigenvalue weighted by Gasteiger charge is 2.56. The molecule has 0 atom stereocenters. The Hall–Kier alpha value is -2.73. The molecule has 2 aromatic rings. The molecule has 1 aliphatic carbocycles. The summed E-state index contributed by atoms with van der Waals surface area (Å²) in [6.45, 7) is 0.838. The van der Waals surface area contributed by atoms with E-state index in [4.69, 9.17) is 21.1 Å². The van der Waals surface area contributed by atoms with Crippen LogP contribution in [0.4, 0.5) is 0 Å². The van der Waals surface area contributed by atoms with Crippen LogP contribution in [0.5, 0.6) is 11.5 Å². The predicted octanol–water partition coefficient (Wildman–Crippen LogP) is 2.78. The number of hydrogen-bond acceptors (Lipinski definition) is 4. The second-order valence-electron chi connectivity index (χ2n) is 6.73. The molecule has 1 heterocycles. The normalized spacial score (nSPS) is 15.9. The lowest BCUT2D eigenvalue weighted by atomic mass is 10.0. The first-order valence-corrected chi connectivity index (χ1v) is 9.15. The third-order valence-electron chi connectivity index (χ3n) is 4.91. The SMILES string of the molecule is O=C(NCc1ccc2c(c1)OCO2)C1(C(=O)NCc2ccccc2Cl)CC1. The van der Waals surface area contributed by atoms with Crippen LogP contribution in [0.1, 0.15) is 24.0 Å². The van der Waals surface area contributed by atoms with Crippen LogP contribution < -0.4 is 20.1 Å². The monoisotopic (exact) mass is 386 g/mol. The summed E-state index contributed by atoms with van der Waals surface area (Å²) in [7, 11) is 0. The Morgan fingerprint density at radius 3 is 2.41 bits per heavy atom. The van der Waals surface area contributed by atoms with Gasteiger partial charge in [0.25, 0.3) is 0 Å². The number of carbonyl (C=O) groups is 2. The predicted molar refractivity (Wildman–Crippen MR) is 99.4 cm³/mol.